The first-order chi connectivity index (χ1) is 17.7. The van der Waals surface area contributed by atoms with Crippen molar-refractivity contribution in [3.05, 3.63) is 59.3 Å². The molecule has 1 aliphatic heterocycles. The number of methoxy groups -OCH3 is 1. The van der Waals surface area contributed by atoms with Crippen molar-refractivity contribution in [3.8, 4) is 5.75 Å². The van der Waals surface area contributed by atoms with Crippen molar-refractivity contribution in [1.29, 1.82) is 0 Å². The summed E-state index contributed by atoms with van der Waals surface area (Å²) in [6.07, 6.45) is 2.82. The minimum atomic E-state index is -3.68. The van der Waals surface area contributed by atoms with E-state index >= 15 is 0 Å². The molecule has 3 heterocycles. The predicted molar refractivity (Wildman–Crippen MR) is 146 cm³/mol. The largest absolute Gasteiger partial charge is 0.495 e. The summed E-state index contributed by atoms with van der Waals surface area (Å²) in [5.74, 6) is 1.56. The standard InChI is InChI=1S/C26H31N7O3S/c1-16-14-27-24-23(16)25(28-19-8-6-7-9-22(19)37(34,35)32(2)3)31-26(30-24)29-20-12-18-15-33(4)11-10-17(18)13-21(20)36-5/h6-9,12-14H,10-11,15H2,1-5H3,(H3,27,28,29,30,31). The van der Waals surface area contributed by atoms with Crippen LogP contribution in [0.5, 0.6) is 5.75 Å². The molecule has 0 fully saturated rings. The van der Waals surface area contributed by atoms with E-state index in [-0.39, 0.29) is 4.90 Å². The monoisotopic (exact) mass is 521 g/mol. The lowest BCUT2D eigenvalue weighted by Crippen LogP contribution is -2.26. The number of benzene rings is 2. The second-order valence-corrected chi connectivity index (χ2v) is 11.6. The van der Waals surface area contributed by atoms with E-state index in [2.05, 4.69) is 44.7 Å². The van der Waals surface area contributed by atoms with Crippen molar-refractivity contribution in [2.45, 2.75) is 24.8 Å². The maximum absolute atomic E-state index is 13.0. The third-order valence-corrected chi connectivity index (χ3v) is 8.47. The van der Waals surface area contributed by atoms with Gasteiger partial charge in [0.1, 0.15) is 22.1 Å². The quantitative estimate of drug-likeness (QED) is 0.334. The molecule has 0 unspecified atom stereocenters. The molecule has 0 radical (unpaired) electrons. The SMILES string of the molecule is COc1cc2c(cc1Nc1nc(Nc3ccccc3S(=O)(=O)N(C)C)c3c(C)c[nH]c3n1)CN(C)CC2. The van der Waals surface area contributed by atoms with Crippen LogP contribution >= 0.6 is 0 Å². The number of para-hydroxylation sites is 1. The predicted octanol–water partition coefficient (Wildman–Crippen LogP) is 4.00. The zero-order chi connectivity index (χ0) is 26.3. The fourth-order valence-corrected chi connectivity index (χ4v) is 5.61. The highest BCUT2D eigenvalue weighted by Gasteiger charge is 2.23. The molecule has 0 atom stereocenters. The van der Waals surface area contributed by atoms with Crippen LogP contribution in [0.3, 0.4) is 0 Å². The second kappa shape index (κ2) is 9.66. The Hall–Kier alpha value is -3.67. The first-order valence-corrected chi connectivity index (χ1v) is 13.4. The highest BCUT2D eigenvalue weighted by atomic mass is 32.2. The third-order valence-electron chi connectivity index (χ3n) is 6.60. The molecule has 0 bridgehead atoms. The molecule has 3 N–H and O–H groups in total. The van der Waals surface area contributed by atoms with Crippen LogP contribution in [-0.4, -0.2) is 67.4 Å². The Kier molecular flexibility index (Phi) is 6.52. The number of ether oxygens (including phenoxy) is 1. The highest BCUT2D eigenvalue weighted by molar-refractivity contribution is 7.89. The maximum Gasteiger partial charge on any atom is 0.244 e. The van der Waals surface area contributed by atoms with Crippen LogP contribution < -0.4 is 15.4 Å². The molecule has 10 nitrogen and oxygen atoms in total. The number of likely N-dealkylation sites (N-methyl/N-ethyl adjacent to an activating group) is 1. The number of nitrogens with one attached hydrogen (secondary N) is 3. The Bertz CT molecular complexity index is 1580. The normalized spacial score (nSPS) is 14.1. The van der Waals surface area contributed by atoms with Gasteiger partial charge in [-0.2, -0.15) is 9.97 Å². The van der Waals surface area contributed by atoms with Crippen molar-refractivity contribution < 1.29 is 13.2 Å². The number of hydrogen-bond donors (Lipinski definition) is 3. The molecule has 0 spiro atoms. The zero-order valence-electron chi connectivity index (χ0n) is 21.6. The smallest absolute Gasteiger partial charge is 0.244 e. The number of H-pyrrole nitrogens is 1. The minimum Gasteiger partial charge on any atom is -0.495 e. The summed E-state index contributed by atoms with van der Waals surface area (Å²) in [6.45, 7) is 3.81. The molecule has 1 aliphatic rings. The van der Waals surface area contributed by atoms with Gasteiger partial charge in [-0.15, -0.1) is 0 Å². The van der Waals surface area contributed by atoms with Gasteiger partial charge in [0.2, 0.25) is 16.0 Å². The van der Waals surface area contributed by atoms with Crippen molar-refractivity contribution in [2.24, 2.45) is 0 Å². The molecule has 11 heteroatoms. The molecule has 37 heavy (non-hydrogen) atoms. The van der Waals surface area contributed by atoms with Gasteiger partial charge >= 0.3 is 0 Å². The maximum atomic E-state index is 13.0. The molecule has 0 saturated heterocycles. The van der Waals surface area contributed by atoms with E-state index in [9.17, 15) is 8.42 Å². The van der Waals surface area contributed by atoms with E-state index in [0.717, 1.165) is 36.1 Å². The molecule has 0 aliphatic carbocycles. The molecule has 0 amide bonds. The zero-order valence-corrected chi connectivity index (χ0v) is 22.4. The van der Waals surface area contributed by atoms with Gasteiger partial charge in [0.15, 0.2) is 0 Å². The summed E-state index contributed by atoms with van der Waals surface area (Å²) in [5, 5.41) is 7.37. The first kappa shape index (κ1) is 25.0. The molecule has 4 aromatic rings. The van der Waals surface area contributed by atoms with Gasteiger partial charge < -0.3 is 25.3 Å². The van der Waals surface area contributed by atoms with Crippen molar-refractivity contribution in [3.63, 3.8) is 0 Å². The van der Waals surface area contributed by atoms with E-state index in [0.29, 0.717) is 28.9 Å². The van der Waals surface area contributed by atoms with E-state index in [1.807, 2.05) is 13.1 Å². The molecule has 2 aromatic heterocycles. The molecular weight excluding hydrogens is 490 g/mol. The minimum absolute atomic E-state index is 0.162. The summed E-state index contributed by atoms with van der Waals surface area (Å²) in [6, 6.07) is 10.9. The topological polar surface area (TPSA) is 115 Å². The fourth-order valence-electron chi connectivity index (χ4n) is 4.57. The number of sulfonamides is 1. The van der Waals surface area contributed by atoms with Gasteiger partial charge in [0, 0.05) is 33.4 Å². The Morgan fingerprint density at radius 3 is 2.62 bits per heavy atom. The van der Waals surface area contributed by atoms with Crippen LogP contribution in [0.1, 0.15) is 16.7 Å². The average molecular weight is 522 g/mol. The molecular formula is C26H31N7O3S. The summed E-state index contributed by atoms with van der Waals surface area (Å²) in [7, 11) is 3.10. The van der Waals surface area contributed by atoms with E-state index in [4.69, 9.17) is 9.72 Å². The number of hydrogen-bond acceptors (Lipinski definition) is 8. The summed E-state index contributed by atoms with van der Waals surface area (Å²) >= 11 is 0. The Balaban J connectivity index is 1.57. The lowest BCUT2D eigenvalue weighted by Gasteiger charge is -2.26. The molecule has 2 aromatic carbocycles. The summed E-state index contributed by atoms with van der Waals surface area (Å²) in [5.41, 5.74) is 5.26. The summed E-state index contributed by atoms with van der Waals surface area (Å²) in [4.78, 5) is 15.1. The van der Waals surface area contributed by atoms with Crippen LogP contribution in [0.2, 0.25) is 0 Å². The highest BCUT2D eigenvalue weighted by Crippen LogP contribution is 2.35. The van der Waals surface area contributed by atoms with Crippen LogP contribution in [0.15, 0.2) is 47.5 Å². The number of aromatic amines is 1. The van der Waals surface area contributed by atoms with Crippen molar-refractivity contribution in [2.75, 3.05) is 45.4 Å². The van der Waals surface area contributed by atoms with Gasteiger partial charge in [0.25, 0.3) is 0 Å². The van der Waals surface area contributed by atoms with Crippen LogP contribution in [0, 0.1) is 6.92 Å². The molecule has 194 valence electrons. The number of aromatic nitrogens is 3. The fraction of sp³-hybridized carbons (Fsp3) is 0.308. The van der Waals surface area contributed by atoms with Crippen LogP contribution in [0.4, 0.5) is 23.1 Å². The van der Waals surface area contributed by atoms with E-state index < -0.39 is 10.0 Å². The second-order valence-electron chi connectivity index (χ2n) is 9.43. The van der Waals surface area contributed by atoms with Crippen molar-refractivity contribution >= 4 is 44.2 Å². The van der Waals surface area contributed by atoms with Crippen molar-refractivity contribution in [1.82, 2.24) is 24.2 Å². The van der Waals surface area contributed by atoms with Gasteiger partial charge in [-0.1, -0.05) is 12.1 Å². The molecule has 0 saturated carbocycles. The Labute approximate surface area is 216 Å². The van der Waals surface area contributed by atoms with Crippen LogP contribution in [0.25, 0.3) is 11.0 Å². The number of aryl methyl sites for hydroxylation is 1. The number of fused-ring (bicyclic) bond motifs is 2. The van der Waals surface area contributed by atoms with Gasteiger partial charge in [-0.3, -0.25) is 0 Å². The number of anilines is 4. The number of rotatable bonds is 7. The third kappa shape index (κ3) is 4.73. The summed E-state index contributed by atoms with van der Waals surface area (Å²) < 4.78 is 32.8. The van der Waals surface area contributed by atoms with E-state index in [1.54, 1.807) is 31.4 Å². The average Bonchev–Trinajstić information content (AvgIpc) is 3.24. The Morgan fingerprint density at radius 2 is 1.86 bits per heavy atom. The Morgan fingerprint density at radius 1 is 1.08 bits per heavy atom. The lowest BCUT2D eigenvalue weighted by atomic mass is 9.99. The van der Waals surface area contributed by atoms with Gasteiger partial charge in [0.05, 0.1) is 23.9 Å². The first-order valence-electron chi connectivity index (χ1n) is 12.0. The van der Waals surface area contributed by atoms with Crippen LogP contribution in [-0.2, 0) is 23.0 Å². The number of nitrogens with zero attached hydrogens (tertiary/aromatic N) is 4. The molecule has 5 rings (SSSR count). The van der Waals surface area contributed by atoms with Gasteiger partial charge in [-0.05, 0) is 61.3 Å². The lowest BCUT2D eigenvalue weighted by molar-refractivity contribution is 0.312. The van der Waals surface area contributed by atoms with E-state index in [1.165, 1.54) is 29.5 Å². The van der Waals surface area contributed by atoms with Gasteiger partial charge in [-0.25, -0.2) is 12.7 Å².